The van der Waals surface area contributed by atoms with E-state index in [-0.39, 0.29) is 30.9 Å². The molecule has 0 fully saturated rings. The first kappa shape index (κ1) is 25.4. The van der Waals surface area contributed by atoms with Crippen LogP contribution < -0.4 is 10.6 Å². The fraction of sp³-hybridized carbons (Fsp3) is 0.444. The van der Waals surface area contributed by atoms with E-state index in [1.807, 2.05) is 56.3 Å². The number of fused-ring (bicyclic) bond motifs is 1. The molecule has 1 aliphatic heterocycles. The molecule has 0 bridgehead atoms. The van der Waals surface area contributed by atoms with E-state index in [0.29, 0.717) is 13.0 Å². The fourth-order valence-corrected chi connectivity index (χ4v) is 4.35. The highest BCUT2D eigenvalue weighted by Crippen LogP contribution is 2.28. The van der Waals surface area contributed by atoms with Crippen LogP contribution in [0.5, 0.6) is 0 Å². The minimum atomic E-state index is -0.745. The van der Waals surface area contributed by atoms with E-state index in [1.165, 1.54) is 11.1 Å². The predicted molar refractivity (Wildman–Crippen MR) is 131 cm³/mol. The second-order valence-electron chi connectivity index (χ2n) is 9.02. The number of esters is 1. The van der Waals surface area contributed by atoms with Gasteiger partial charge in [0.15, 0.2) is 0 Å². The van der Waals surface area contributed by atoms with Crippen molar-refractivity contribution >= 4 is 17.8 Å². The number of amides is 2. The van der Waals surface area contributed by atoms with E-state index in [4.69, 9.17) is 4.74 Å². The van der Waals surface area contributed by atoms with Crippen molar-refractivity contribution in [2.75, 3.05) is 19.7 Å². The maximum Gasteiger partial charge on any atom is 0.325 e. The van der Waals surface area contributed by atoms with E-state index in [0.717, 1.165) is 18.5 Å². The number of nitrogens with zero attached hydrogens (tertiary/aromatic N) is 1. The maximum absolute atomic E-state index is 13.7. The Morgan fingerprint density at radius 1 is 0.971 bits per heavy atom. The molecule has 2 aromatic rings. The number of hydrogen-bond donors (Lipinski definition) is 2. The lowest BCUT2D eigenvalue weighted by Gasteiger charge is -2.36. The molecule has 2 aromatic carbocycles. The van der Waals surface area contributed by atoms with Crippen LogP contribution in [0.4, 0.5) is 0 Å². The Bertz CT molecular complexity index is 977. The summed E-state index contributed by atoms with van der Waals surface area (Å²) in [6.45, 7) is 7.13. The average Bonchev–Trinajstić information content (AvgIpc) is 2.83. The second kappa shape index (κ2) is 12.3. The lowest BCUT2D eigenvalue weighted by atomic mass is 9.95. The SMILES string of the molecule is CCOC(=O)CNC(=O)[C@H](CC(C)C)NC(=O)C(c1ccccc1)N1CCc2ccccc2C1. The Balaban J connectivity index is 1.79. The van der Waals surface area contributed by atoms with Gasteiger partial charge in [-0.1, -0.05) is 68.4 Å². The summed E-state index contributed by atoms with van der Waals surface area (Å²) in [5, 5.41) is 5.59. The molecule has 0 saturated carbocycles. The van der Waals surface area contributed by atoms with E-state index in [2.05, 4.69) is 27.7 Å². The van der Waals surface area contributed by atoms with Crippen LogP contribution in [0.15, 0.2) is 54.6 Å². The molecular weight excluding hydrogens is 430 g/mol. The first-order valence-corrected chi connectivity index (χ1v) is 12.0. The van der Waals surface area contributed by atoms with Crippen LogP contribution in [0.1, 0.15) is 49.9 Å². The molecule has 0 aromatic heterocycles. The standard InChI is InChI=1S/C27H35N3O4/c1-4-34-24(31)17-28-26(32)23(16-19(2)3)29-27(33)25(21-11-6-5-7-12-21)30-15-14-20-10-8-9-13-22(20)18-30/h5-13,19,23,25H,4,14-18H2,1-3H3,(H,28,32)(H,29,33)/t23-,25?/m0/s1. The van der Waals surface area contributed by atoms with Gasteiger partial charge in [0.2, 0.25) is 11.8 Å². The molecule has 182 valence electrons. The maximum atomic E-state index is 13.7. The summed E-state index contributed by atoms with van der Waals surface area (Å²) in [5.41, 5.74) is 3.41. The highest BCUT2D eigenvalue weighted by Gasteiger charge is 2.33. The molecule has 2 N–H and O–H groups in total. The van der Waals surface area contributed by atoms with Crippen LogP contribution in [-0.4, -0.2) is 48.4 Å². The van der Waals surface area contributed by atoms with Crippen molar-refractivity contribution in [3.8, 4) is 0 Å². The molecule has 7 heteroatoms. The van der Waals surface area contributed by atoms with E-state index in [1.54, 1.807) is 6.92 Å². The minimum absolute atomic E-state index is 0.177. The Kier molecular flexibility index (Phi) is 9.22. The van der Waals surface area contributed by atoms with Gasteiger partial charge in [-0.3, -0.25) is 19.3 Å². The van der Waals surface area contributed by atoms with Gasteiger partial charge < -0.3 is 15.4 Å². The third-order valence-corrected chi connectivity index (χ3v) is 5.94. The molecule has 0 saturated heterocycles. The normalized spacial score (nSPS) is 15.2. The van der Waals surface area contributed by atoms with Crippen molar-refractivity contribution in [3.63, 3.8) is 0 Å². The average molecular weight is 466 g/mol. The molecule has 34 heavy (non-hydrogen) atoms. The van der Waals surface area contributed by atoms with E-state index in [9.17, 15) is 14.4 Å². The van der Waals surface area contributed by atoms with Crippen molar-refractivity contribution in [1.29, 1.82) is 0 Å². The molecule has 1 heterocycles. The van der Waals surface area contributed by atoms with Gasteiger partial charge >= 0.3 is 5.97 Å². The predicted octanol–water partition coefficient (Wildman–Crippen LogP) is 3.00. The second-order valence-corrected chi connectivity index (χ2v) is 9.02. The first-order valence-electron chi connectivity index (χ1n) is 12.0. The zero-order valence-electron chi connectivity index (χ0n) is 20.3. The highest BCUT2D eigenvalue weighted by atomic mass is 16.5. The van der Waals surface area contributed by atoms with Gasteiger partial charge in [0.25, 0.3) is 0 Å². The summed E-state index contributed by atoms with van der Waals surface area (Å²) in [6.07, 6.45) is 1.33. The molecule has 0 aliphatic carbocycles. The zero-order chi connectivity index (χ0) is 24.5. The monoisotopic (exact) mass is 465 g/mol. The molecule has 3 rings (SSSR count). The summed E-state index contributed by atoms with van der Waals surface area (Å²) in [4.78, 5) is 40.4. The molecule has 2 amide bonds. The van der Waals surface area contributed by atoms with Gasteiger partial charge in [0.1, 0.15) is 18.6 Å². The molecule has 1 unspecified atom stereocenters. The largest absolute Gasteiger partial charge is 0.465 e. The van der Waals surface area contributed by atoms with Crippen molar-refractivity contribution in [2.24, 2.45) is 5.92 Å². The van der Waals surface area contributed by atoms with Crippen molar-refractivity contribution in [1.82, 2.24) is 15.5 Å². The number of rotatable bonds is 10. The summed E-state index contributed by atoms with van der Waals surface area (Å²) in [6, 6.07) is 16.7. The number of ether oxygens (including phenoxy) is 1. The number of nitrogens with one attached hydrogen (secondary N) is 2. The van der Waals surface area contributed by atoms with E-state index < -0.39 is 18.1 Å². The molecular formula is C27H35N3O4. The Hall–Kier alpha value is -3.19. The summed E-state index contributed by atoms with van der Waals surface area (Å²) < 4.78 is 4.89. The molecule has 2 atom stereocenters. The molecule has 0 spiro atoms. The highest BCUT2D eigenvalue weighted by molar-refractivity contribution is 5.91. The van der Waals surface area contributed by atoms with Gasteiger partial charge in [-0.05, 0) is 42.4 Å². The van der Waals surface area contributed by atoms with E-state index >= 15 is 0 Å². The van der Waals surface area contributed by atoms with Gasteiger partial charge in [0, 0.05) is 13.1 Å². The van der Waals surface area contributed by atoms with Gasteiger partial charge in [-0.25, -0.2) is 0 Å². The molecule has 0 radical (unpaired) electrons. The Morgan fingerprint density at radius 3 is 2.32 bits per heavy atom. The lowest BCUT2D eigenvalue weighted by molar-refractivity contribution is -0.143. The third-order valence-electron chi connectivity index (χ3n) is 5.94. The van der Waals surface area contributed by atoms with Crippen molar-refractivity contribution < 1.29 is 19.1 Å². The van der Waals surface area contributed by atoms with Crippen LogP contribution >= 0.6 is 0 Å². The number of benzene rings is 2. The van der Waals surface area contributed by atoms with Gasteiger partial charge in [-0.2, -0.15) is 0 Å². The number of carbonyl (C=O) groups excluding carboxylic acids is 3. The smallest absolute Gasteiger partial charge is 0.325 e. The first-order chi connectivity index (χ1) is 16.4. The summed E-state index contributed by atoms with van der Waals surface area (Å²) in [5.74, 6) is -0.927. The van der Waals surface area contributed by atoms with Crippen molar-refractivity contribution in [2.45, 2.75) is 52.2 Å². The van der Waals surface area contributed by atoms with Crippen LogP contribution in [0.25, 0.3) is 0 Å². The Morgan fingerprint density at radius 2 is 1.65 bits per heavy atom. The topological polar surface area (TPSA) is 87.7 Å². The van der Waals surface area contributed by atoms with Crippen LogP contribution in [0.3, 0.4) is 0 Å². The zero-order valence-corrected chi connectivity index (χ0v) is 20.3. The number of carbonyl (C=O) groups is 3. The summed E-state index contributed by atoms with van der Waals surface area (Å²) >= 11 is 0. The lowest BCUT2D eigenvalue weighted by Crippen LogP contribution is -2.52. The molecule has 7 nitrogen and oxygen atoms in total. The molecule has 1 aliphatic rings. The number of hydrogen-bond acceptors (Lipinski definition) is 5. The Labute approximate surface area is 201 Å². The fourth-order valence-electron chi connectivity index (χ4n) is 4.35. The van der Waals surface area contributed by atoms with Gasteiger partial charge in [0.05, 0.1) is 6.61 Å². The van der Waals surface area contributed by atoms with Gasteiger partial charge in [-0.15, -0.1) is 0 Å². The van der Waals surface area contributed by atoms with Crippen LogP contribution in [0, 0.1) is 5.92 Å². The van der Waals surface area contributed by atoms with Crippen molar-refractivity contribution in [3.05, 3.63) is 71.3 Å². The summed E-state index contributed by atoms with van der Waals surface area (Å²) in [7, 11) is 0. The minimum Gasteiger partial charge on any atom is -0.465 e. The quantitative estimate of drug-likeness (QED) is 0.527. The third kappa shape index (κ3) is 6.90. The van der Waals surface area contributed by atoms with Crippen LogP contribution in [0.2, 0.25) is 0 Å². The van der Waals surface area contributed by atoms with Crippen LogP contribution in [-0.2, 0) is 32.1 Å².